The number of rotatable bonds is 7. The zero-order valence-corrected chi connectivity index (χ0v) is 18.0. The number of nitrogens with zero attached hydrogens (tertiary/aromatic N) is 3. The van der Waals surface area contributed by atoms with E-state index in [1.54, 1.807) is 0 Å². The van der Waals surface area contributed by atoms with Crippen molar-refractivity contribution in [3.63, 3.8) is 0 Å². The first kappa shape index (κ1) is 23.5. The predicted octanol–water partition coefficient (Wildman–Crippen LogP) is 3.55. The van der Waals surface area contributed by atoms with E-state index in [2.05, 4.69) is 15.5 Å². The van der Waals surface area contributed by atoms with Crippen LogP contribution in [0.3, 0.4) is 0 Å². The van der Waals surface area contributed by atoms with Crippen LogP contribution in [0.25, 0.3) is 11.5 Å². The van der Waals surface area contributed by atoms with Crippen LogP contribution in [-0.2, 0) is 4.79 Å². The summed E-state index contributed by atoms with van der Waals surface area (Å²) in [5, 5.41) is 26.4. The molecular formula is C21H30N4O5. The highest BCUT2D eigenvalue weighted by Gasteiger charge is 2.35. The molecule has 1 aromatic carbocycles. The number of hydrogen-bond donors (Lipinski definition) is 3. The number of hydrogen-bond acceptors (Lipinski definition) is 7. The third kappa shape index (κ3) is 6.11. The van der Waals surface area contributed by atoms with Gasteiger partial charge in [0.25, 0.3) is 11.8 Å². The molecule has 2 aromatic rings. The predicted molar refractivity (Wildman–Crippen MR) is 109 cm³/mol. The summed E-state index contributed by atoms with van der Waals surface area (Å²) in [6, 6.07) is 7.32. The van der Waals surface area contributed by atoms with Gasteiger partial charge in [0.15, 0.2) is 5.82 Å². The Kier molecular flexibility index (Phi) is 7.69. The van der Waals surface area contributed by atoms with Gasteiger partial charge in [0.2, 0.25) is 0 Å². The first-order chi connectivity index (χ1) is 14.0. The van der Waals surface area contributed by atoms with E-state index in [4.69, 9.17) is 4.52 Å². The normalized spacial score (nSPS) is 13.7. The lowest BCUT2D eigenvalue weighted by Gasteiger charge is -2.30. The van der Waals surface area contributed by atoms with Crippen LogP contribution in [0.15, 0.2) is 34.9 Å². The second-order valence-electron chi connectivity index (χ2n) is 8.71. The highest BCUT2D eigenvalue weighted by Crippen LogP contribution is 2.32. The Morgan fingerprint density at radius 1 is 1.17 bits per heavy atom. The zero-order chi connectivity index (χ0) is 22.5. The van der Waals surface area contributed by atoms with Crippen LogP contribution in [0.5, 0.6) is 0 Å². The smallest absolute Gasteiger partial charge is 0.349 e. The minimum absolute atomic E-state index is 0.0953. The molecule has 0 aliphatic heterocycles. The van der Waals surface area contributed by atoms with Crippen molar-refractivity contribution in [2.45, 2.75) is 59.6 Å². The maximum absolute atomic E-state index is 12.5. The van der Waals surface area contributed by atoms with E-state index in [-0.39, 0.29) is 29.1 Å². The van der Waals surface area contributed by atoms with E-state index >= 15 is 0 Å². The number of benzene rings is 1. The van der Waals surface area contributed by atoms with Gasteiger partial charge in [0.1, 0.15) is 6.10 Å². The summed E-state index contributed by atoms with van der Waals surface area (Å²) in [4.78, 5) is 29.0. The van der Waals surface area contributed by atoms with E-state index in [0.717, 1.165) is 5.56 Å². The Hall–Kier alpha value is -2.78. The third-order valence-corrected chi connectivity index (χ3v) is 4.56. The summed E-state index contributed by atoms with van der Waals surface area (Å²) in [7, 11) is 0. The number of carbonyl (C=O) groups excluding carboxylic acids is 2. The Bertz CT molecular complexity index is 845. The number of aliphatic hydroxyl groups excluding tert-OH is 1. The molecule has 0 saturated heterocycles. The quantitative estimate of drug-likeness (QED) is 0.463. The SMILES string of the molecule is CC(C)CC[C@H](O)C(=O)N(O)C(=O)N[C@H](c1noc(-c2ccccc2)n1)C(C)(C)C. The molecule has 9 heteroatoms. The molecule has 1 heterocycles. The Labute approximate surface area is 176 Å². The van der Waals surface area contributed by atoms with Gasteiger partial charge in [-0.3, -0.25) is 10.0 Å². The zero-order valence-electron chi connectivity index (χ0n) is 18.0. The lowest BCUT2D eigenvalue weighted by atomic mass is 9.86. The molecule has 164 valence electrons. The van der Waals surface area contributed by atoms with E-state index in [1.807, 2.05) is 65.0 Å². The maximum atomic E-state index is 12.5. The van der Waals surface area contributed by atoms with E-state index in [1.165, 1.54) is 0 Å². The number of amides is 3. The number of aliphatic hydroxyl groups is 1. The average molecular weight is 418 g/mol. The Morgan fingerprint density at radius 2 is 1.80 bits per heavy atom. The van der Waals surface area contributed by atoms with Crippen molar-refractivity contribution in [3.05, 3.63) is 36.2 Å². The number of imide groups is 1. The fourth-order valence-corrected chi connectivity index (χ4v) is 2.76. The van der Waals surface area contributed by atoms with Crippen LogP contribution in [0, 0.1) is 11.3 Å². The largest absolute Gasteiger partial charge is 0.383 e. The molecule has 0 aliphatic rings. The lowest BCUT2D eigenvalue weighted by molar-refractivity contribution is -0.162. The van der Waals surface area contributed by atoms with Gasteiger partial charge in [0, 0.05) is 5.56 Å². The van der Waals surface area contributed by atoms with Crippen LogP contribution in [0.1, 0.15) is 59.3 Å². The minimum Gasteiger partial charge on any atom is -0.383 e. The molecule has 0 spiro atoms. The molecule has 3 N–H and O–H groups in total. The van der Waals surface area contributed by atoms with Crippen LogP contribution >= 0.6 is 0 Å². The summed E-state index contributed by atoms with van der Waals surface area (Å²) in [5.74, 6) is -0.319. The lowest BCUT2D eigenvalue weighted by Crippen LogP contribution is -2.49. The number of hydroxylamine groups is 2. The van der Waals surface area contributed by atoms with Gasteiger partial charge in [-0.1, -0.05) is 58.0 Å². The van der Waals surface area contributed by atoms with Gasteiger partial charge in [-0.05, 0) is 36.3 Å². The summed E-state index contributed by atoms with van der Waals surface area (Å²) in [5.41, 5.74) is 0.163. The molecule has 30 heavy (non-hydrogen) atoms. The van der Waals surface area contributed by atoms with Gasteiger partial charge in [0.05, 0.1) is 6.04 Å². The van der Waals surface area contributed by atoms with Crippen LogP contribution in [0.2, 0.25) is 0 Å². The molecule has 0 bridgehead atoms. The van der Waals surface area contributed by atoms with E-state index in [0.29, 0.717) is 6.42 Å². The second-order valence-corrected chi connectivity index (χ2v) is 8.71. The Morgan fingerprint density at radius 3 is 2.37 bits per heavy atom. The molecule has 0 fully saturated rings. The van der Waals surface area contributed by atoms with Gasteiger partial charge < -0.3 is 14.9 Å². The fraction of sp³-hybridized carbons (Fsp3) is 0.524. The average Bonchev–Trinajstić information content (AvgIpc) is 3.18. The standard InChI is InChI=1S/C21H30N4O5/c1-13(2)11-12-15(26)19(27)25(29)20(28)22-16(21(3,4)5)17-23-18(30-24-17)14-9-7-6-8-10-14/h6-10,13,15-16,26,29H,11-12H2,1-5H3,(H,22,28)/t15-,16+/m0/s1. The van der Waals surface area contributed by atoms with Crippen LogP contribution in [-0.4, -0.2) is 43.6 Å². The van der Waals surface area contributed by atoms with Crippen LogP contribution < -0.4 is 5.32 Å². The topological polar surface area (TPSA) is 129 Å². The summed E-state index contributed by atoms with van der Waals surface area (Å²) < 4.78 is 5.31. The number of urea groups is 1. The molecule has 1 aromatic heterocycles. The van der Waals surface area contributed by atoms with Gasteiger partial charge in [-0.15, -0.1) is 5.06 Å². The summed E-state index contributed by atoms with van der Waals surface area (Å²) >= 11 is 0. The summed E-state index contributed by atoms with van der Waals surface area (Å²) in [6.45, 7) is 9.43. The van der Waals surface area contributed by atoms with Gasteiger partial charge in [-0.2, -0.15) is 4.98 Å². The number of carbonyl (C=O) groups is 2. The van der Waals surface area contributed by atoms with Crippen molar-refractivity contribution >= 4 is 11.9 Å². The summed E-state index contributed by atoms with van der Waals surface area (Å²) in [6.07, 6.45) is -0.737. The molecule has 2 rings (SSSR count). The van der Waals surface area contributed by atoms with E-state index in [9.17, 15) is 19.9 Å². The molecule has 9 nitrogen and oxygen atoms in total. The van der Waals surface area contributed by atoms with Gasteiger partial charge >= 0.3 is 6.03 Å². The molecule has 0 radical (unpaired) electrons. The van der Waals surface area contributed by atoms with Crippen molar-refractivity contribution in [1.82, 2.24) is 20.5 Å². The fourth-order valence-electron chi connectivity index (χ4n) is 2.76. The number of aromatic nitrogens is 2. The van der Waals surface area contributed by atoms with E-state index < -0.39 is 29.5 Å². The maximum Gasteiger partial charge on any atom is 0.349 e. The monoisotopic (exact) mass is 418 g/mol. The molecule has 0 unspecified atom stereocenters. The Balaban J connectivity index is 2.14. The third-order valence-electron chi connectivity index (χ3n) is 4.56. The van der Waals surface area contributed by atoms with Crippen LogP contribution in [0.4, 0.5) is 4.79 Å². The molecule has 2 atom stereocenters. The molecule has 0 aliphatic carbocycles. The highest BCUT2D eigenvalue weighted by atomic mass is 16.5. The van der Waals surface area contributed by atoms with Crippen molar-refractivity contribution in [1.29, 1.82) is 0 Å². The minimum atomic E-state index is -1.47. The molecule has 0 saturated carbocycles. The first-order valence-electron chi connectivity index (χ1n) is 9.91. The molecular weight excluding hydrogens is 388 g/mol. The highest BCUT2D eigenvalue weighted by molar-refractivity contribution is 5.95. The van der Waals surface area contributed by atoms with Crippen molar-refractivity contribution in [3.8, 4) is 11.5 Å². The second kappa shape index (κ2) is 9.82. The van der Waals surface area contributed by atoms with Crippen molar-refractivity contribution in [2.24, 2.45) is 11.3 Å². The number of nitrogens with one attached hydrogen (secondary N) is 1. The van der Waals surface area contributed by atoms with Crippen molar-refractivity contribution < 1.29 is 24.4 Å². The molecule has 3 amide bonds. The van der Waals surface area contributed by atoms with Gasteiger partial charge in [-0.25, -0.2) is 4.79 Å². The first-order valence-corrected chi connectivity index (χ1v) is 9.91. The van der Waals surface area contributed by atoms with Crippen molar-refractivity contribution in [2.75, 3.05) is 0 Å².